The molecular weight excluding hydrogens is 243 g/mol. The lowest BCUT2D eigenvalue weighted by Gasteiger charge is -2.09. The van der Waals surface area contributed by atoms with Crippen LogP contribution in [0.5, 0.6) is 0 Å². The fourth-order valence-electron chi connectivity index (χ4n) is 1.59. The minimum absolute atomic E-state index is 0.493. The smallest absolute Gasteiger partial charge is 0.136 e. The van der Waals surface area contributed by atoms with E-state index in [0.717, 1.165) is 23.2 Å². The second-order valence-electron chi connectivity index (χ2n) is 3.33. The van der Waals surface area contributed by atoms with Gasteiger partial charge in [0.2, 0.25) is 0 Å². The average Bonchev–Trinajstić information content (AvgIpc) is 2.29. The van der Waals surface area contributed by atoms with Gasteiger partial charge in [0, 0.05) is 16.1 Å². The fourth-order valence-corrected chi connectivity index (χ4v) is 2.08. The Labute approximate surface area is 104 Å². The highest BCUT2D eigenvalue weighted by atomic mass is 35.5. The molecule has 82 valence electrons. The summed E-state index contributed by atoms with van der Waals surface area (Å²) in [5, 5.41) is 1.17. The standard InChI is InChI=1S/C12H10Cl2N2/c1-2-8-11(15-7-16-12(8)14)9-5-3-4-6-10(9)13/h3-7H,2H2,1H3. The highest BCUT2D eigenvalue weighted by Gasteiger charge is 2.12. The first kappa shape index (κ1) is 11.4. The maximum atomic E-state index is 6.14. The van der Waals surface area contributed by atoms with Crippen molar-refractivity contribution < 1.29 is 0 Å². The van der Waals surface area contributed by atoms with E-state index < -0.39 is 0 Å². The Kier molecular flexibility index (Phi) is 3.42. The fraction of sp³-hybridized carbons (Fsp3) is 0.167. The Morgan fingerprint density at radius 3 is 2.56 bits per heavy atom. The van der Waals surface area contributed by atoms with Crippen molar-refractivity contribution >= 4 is 23.2 Å². The predicted octanol–water partition coefficient (Wildman–Crippen LogP) is 4.01. The van der Waals surface area contributed by atoms with Crippen LogP contribution < -0.4 is 0 Å². The second kappa shape index (κ2) is 4.81. The van der Waals surface area contributed by atoms with Crippen LogP contribution in [0.4, 0.5) is 0 Å². The largest absolute Gasteiger partial charge is 0.236 e. The molecule has 0 aliphatic heterocycles. The molecule has 16 heavy (non-hydrogen) atoms. The average molecular weight is 253 g/mol. The van der Waals surface area contributed by atoms with Crippen LogP contribution in [0.25, 0.3) is 11.3 Å². The van der Waals surface area contributed by atoms with Gasteiger partial charge in [-0.1, -0.05) is 48.3 Å². The van der Waals surface area contributed by atoms with Crippen molar-refractivity contribution in [3.8, 4) is 11.3 Å². The number of halogens is 2. The number of hydrogen-bond acceptors (Lipinski definition) is 2. The zero-order valence-corrected chi connectivity index (χ0v) is 10.3. The molecule has 4 heteroatoms. The summed E-state index contributed by atoms with van der Waals surface area (Å²) in [5.74, 6) is 0. The molecule has 0 fully saturated rings. The number of nitrogens with zero attached hydrogens (tertiary/aromatic N) is 2. The second-order valence-corrected chi connectivity index (χ2v) is 4.09. The zero-order valence-electron chi connectivity index (χ0n) is 8.74. The van der Waals surface area contributed by atoms with E-state index in [-0.39, 0.29) is 0 Å². The van der Waals surface area contributed by atoms with Crippen molar-refractivity contribution in [2.24, 2.45) is 0 Å². The van der Waals surface area contributed by atoms with E-state index in [4.69, 9.17) is 23.2 Å². The molecule has 1 aromatic carbocycles. The van der Waals surface area contributed by atoms with Crippen molar-refractivity contribution in [2.75, 3.05) is 0 Å². The van der Waals surface area contributed by atoms with Crippen LogP contribution in [-0.4, -0.2) is 9.97 Å². The highest BCUT2D eigenvalue weighted by Crippen LogP contribution is 2.30. The first-order chi connectivity index (χ1) is 7.74. The summed E-state index contributed by atoms with van der Waals surface area (Å²) in [6.45, 7) is 2.02. The topological polar surface area (TPSA) is 25.8 Å². The number of benzene rings is 1. The molecule has 1 aromatic heterocycles. The van der Waals surface area contributed by atoms with Crippen LogP contribution in [0.15, 0.2) is 30.6 Å². The molecule has 0 atom stereocenters. The molecule has 0 saturated heterocycles. The van der Waals surface area contributed by atoms with Crippen molar-refractivity contribution in [1.29, 1.82) is 0 Å². The van der Waals surface area contributed by atoms with Gasteiger partial charge in [-0.2, -0.15) is 0 Å². The van der Waals surface area contributed by atoms with E-state index in [2.05, 4.69) is 9.97 Å². The van der Waals surface area contributed by atoms with Crippen molar-refractivity contribution in [1.82, 2.24) is 9.97 Å². The third-order valence-corrected chi connectivity index (χ3v) is 3.03. The molecular formula is C12H10Cl2N2. The molecule has 2 nitrogen and oxygen atoms in total. The van der Waals surface area contributed by atoms with E-state index in [9.17, 15) is 0 Å². The third kappa shape index (κ3) is 2.04. The van der Waals surface area contributed by atoms with E-state index in [1.54, 1.807) is 0 Å². The minimum Gasteiger partial charge on any atom is -0.236 e. The van der Waals surface area contributed by atoms with Gasteiger partial charge in [-0.15, -0.1) is 0 Å². The van der Waals surface area contributed by atoms with E-state index >= 15 is 0 Å². The van der Waals surface area contributed by atoms with Gasteiger partial charge >= 0.3 is 0 Å². The maximum absolute atomic E-state index is 6.14. The van der Waals surface area contributed by atoms with Gasteiger partial charge in [-0.25, -0.2) is 9.97 Å². The monoisotopic (exact) mass is 252 g/mol. The van der Waals surface area contributed by atoms with Crippen LogP contribution in [-0.2, 0) is 6.42 Å². The summed E-state index contributed by atoms with van der Waals surface area (Å²) in [6, 6.07) is 7.59. The summed E-state index contributed by atoms with van der Waals surface area (Å²) in [4.78, 5) is 8.24. The van der Waals surface area contributed by atoms with Crippen molar-refractivity contribution in [3.63, 3.8) is 0 Å². The maximum Gasteiger partial charge on any atom is 0.136 e. The Morgan fingerprint density at radius 1 is 1.12 bits per heavy atom. The van der Waals surface area contributed by atoms with Gasteiger partial charge in [0.15, 0.2) is 0 Å². The van der Waals surface area contributed by atoms with Crippen LogP contribution in [0.3, 0.4) is 0 Å². The van der Waals surface area contributed by atoms with Gasteiger partial charge in [-0.3, -0.25) is 0 Å². The lowest BCUT2D eigenvalue weighted by atomic mass is 10.1. The van der Waals surface area contributed by atoms with Crippen molar-refractivity contribution in [3.05, 3.63) is 46.3 Å². The normalized spacial score (nSPS) is 10.4. The SMILES string of the molecule is CCc1c(Cl)ncnc1-c1ccccc1Cl. The lowest BCUT2D eigenvalue weighted by molar-refractivity contribution is 1.05. The van der Waals surface area contributed by atoms with E-state index in [1.165, 1.54) is 6.33 Å². The quantitative estimate of drug-likeness (QED) is 0.755. The van der Waals surface area contributed by atoms with Crippen molar-refractivity contribution in [2.45, 2.75) is 13.3 Å². The van der Waals surface area contributed by atoms with E-state index in [1.807, 2.05) is 31.2 Å². The molecule has 0 radical (unpaired) electrons. The molecule has 0 N–H and O–H groups in total. The van der Waals surface area contributed by atoms with Crippen LogP contribution in [0.2, 0.25) is 10.2 Å². The van der Waals surface area contributed by atoms with E-state index in [0.29, 0.717) is 10.2 Å². The summed E-state index contributed by atoms with van der Waals surface area (Å²) < 4.78 is 0. The summed E-state index contributed by atoms with van der Waals surface area (Å²) in [6.07, 6.45) is 2.24. The molecule has 2 aromatic rings. The van der Waals surface area contributed by atoms with Gasteiger partial charge in [0.25, 0.3) is 0 Å². The Morgan fingerprint density at radius 2 is 1.88 bits per heavy atom. The Balaban J connectivity index is 2.65. The molecule has 0 bridgehead atoms. The molecule has 0 unspecified atom stereocenters. The first-order valence-electron chi connectivity index (χ1n) is 4.98. The third-order valence-electron chi connectivity index (χ3n) is 2.38. The van der Waals surface area contributed by atoms with Gasteiger partial charge in [0.1, 0.15) is 11.5 Å². The highest BCUT2D eigenvalue weighted by molar-refractivity contribution is 6.33. The number of rotatable bonds is 2. The Bertz CT molecular complexity index is 512. The van der Waals surface area contributed by atoms with Gasteiger partial charge < -0.3 is 0 Å². The van der Waals surface area contributed by atoms with Crippen LogP contribution >= 0.6 is 23.2 Å². The molecule has 0 amide bonds. The zero-order chi connectivity index (χ0) is 11.5. The van der Waals surface area contributed by atoms with Crippen LogP contribution in [0, 0.1) is 0 Å². The number of aromatic nitrogens is 2. The summed E-state index contributed by atoms with van der Waals surface area (Å²) >= 11 is 12.2. The summed E-state index contributed by atoms with van der Waals surface area (Å²) in [7, 11) is 0. The van der Waals surface area contributed by atoms with Gasteiger partial charge in [0.05, 0.1) is 5.69 Å². The lowest BCUT2D eigenvalue weighted by Crippen LogP contribution is -1.95. The number of hydrogen-bond donors (Lipinski definition) is 0. The minimum atomic E-state index is 0.493. The first-order valence-corrected chi connectivity index (χ1v) is 5.74. The van der Waals surface area contributed by atoms with Crippen LogP contribution in [0.1, 0.15) is 12.5 Å². The predicted molar refractivity (Wildman–Crippen MR) is 66.9 cm³/mol. The molecule has 0 saturated carbocycles. The molecule has 1 heterocycles. The molecule has 0 aliphatic rings. The summed E-state index contributed by atoms with van der Waals surface area (Å²) in [5.41, 5.74) is 2.63. The molecule has 0 spiro atoms. The molecule has 0 aliphatic carbocycles. The Hall–Kier alpha value is -1.12. The van der Waals surface area contributed by atoms with Gasteiger partial charge in [-0.05, 0) is 12.5 Å². The molecule has 2 rings (SSSR count).